The molecule has 1 aliphatic heterocycles. The van der Waals surface area contributed by atoms with Gasteiger partial charge < -0.3 is 29.3 Å². The van der Waals surface area contributed by atoms with E-state index in [2.05, 4.69) is 9.64 Å². The molecule has 1 aromatic rings. The number of alkyl halides is 3. The van der Waals surface area contributed by atoms with Crippen molar-refractivity contribution < 1.29 is 37.6 Å². The Labute approximate surface area is 185 Å². The molecular weight excluding hydrogens is 427 g/mol. The van der Waals surface area contributed by atoms with Gasteiger partial charge in [0.15, 0.2) is 0 Å². The van der Waals surface area contributed by atoms with Crippen molar-refractivity contribution >= 4 is 5.69 Å². The van der Waals surface area contributed by atoms with Crippen LogP contribution in [0.2, 0.25) is 0 Å². The van der Waals surface area contributed by atoms with Crippen molar-refractivity contribution in [1.29, 1.82) is 0 Å². The number of piperidine rings is 1. The summed E-state index contributed by atoms with van der Waals surface area (Å²) in [5.74, 6) is 0.403. The highest BCUT2D eigenvalue weighted by atomic mass is 19.4. The van der Waals surface area contributed by atoms with Crippen molar-refractivity contribution in [3.8, 4) is 5.75 Å². The molecule has 1 aliphatic carbocycles. The monoisotopic (exact) mass is 457 g/mol. The van der Waals surface area contributed by atoms with Gasteiger partial charge in [0.25, 0.3) is 0 Å². The van der Waals surface area contributed by atoms with Gasteiger partial charge in [-0.3, -0.25) is 0 Å². The molecule has 0 aromatic heterocycles. The lowest BCUT2D eigenvalue weighted by molar-refractivity contribution is -0.303. The van der Waals surface area contributed by atoms with Gasteiger partial charge in [0.1, 0.15) is 23.7 Å². The third-order valence-corrected chi connectivity index (χ3v) is 5.51. The lowest BCUT2D eigenvalue weighted by Crippen LogP contribution is -2.41. The van der Waals surface area contributed by atoms with Gasteiger partial charge in [-0.1, -0.05) is 0 Å². The van der Waals surface area contributed by atoms with Crippen molar-refractivity contribution in [1.82, 2.24) is 0 Å². The first-order valence-electron chi connectivity index (χ1n) is 10.6. The molecule has 0 bridgehead atoms. The number of nitrogens with zero attached hydrogens (tertiary/aromatic N) is 1. The number of ether oxygens (including phenoxy) is 3. The maximum absolute atomic E-state index is 12.3. The summed E-state index contributed by atoms with van der Waals surface area (Å²) in [6, 6.07) is 7.54. The highest BCUT2D eigenvalue weighted by Gasteiger charge is 2.34. The summed E-state index contributed by atoms with van der Waals surface area (Å²) >= 11 is 0. The van der Waals surface area contributed by atoms with Crippen molar-refractivity contribution in [2.75, 3.05) is 31.2 Å². The Bertz CT molecular complexity index is 814. The van der Waals surface area contributed by atoms with Crippen LogP contribution in [0.4, 0.5) is 18.9 Å². The van der Waals surface area contributed by atoms with Crippen molar-refractivity contribution in [3.05, 3.63) is 48.3 Å². The van der Waals surface area contributed by atoms with Gasteiger partial charge in [0.05, 0.1) is 18.3 Å². The highest BCUT2D eigenvalue weighted by Crippen LogP contribution is 2.32. The number of rotatable bonds is 8. The zero-order valence-corrected chi connectivity index (χ0v) is 18.3. The first-order chi connectivity index (χ1) is 15.0. The van der Waals surface area contributed by atoms with Gasteiger partial charge in [-0.2, -0.15) is 0 Å². The Hall–Kier alpha value is -2.23. The van der Waals surface area contributed by atoms with Crippen LogP contribution in [-0.2, 0) is 9.47 Å². The van der Waals surface area contributed by atoms with Crippen LogP contribution in [-0.4, -0.2) is 60.2 Å². The van der Waals surface area contributed by atoms with Crippen LogP contribution in [0.3, 0.4) is 0 Å². The minimum atomic E-state index is -4.69. The molecule has 1 heterocycles. The number of hydrogen-bond acceptors (Lipinski definition) is 6. The molecule has 0 saturated carbocycles. The fourth-order valence-electron chi connectivity index (χ4n) is 3.64. The number of hydrogen-bond donors (Lipinski definition) is 2. The van der Waals surface area contributed by atoms with Gasteiger partial charge in [-0.05, 0) is 69.2 Å². The van der Waals surface area contributed by atoms with Crippen LogP contribution in [0, 0.1) is 0 Å². The molecule has 9 heteroatoms. The molecule has 178 valence electrons. The number of halogens is 3. The zero-order valence-electron chi connectivity index (χ0n) is 18.3. The second-order valence-corrected chi connectivity index (χ2v) is 8.75. The molecule has 2 aliphatic rings. The van der Waals surface area contributed by atoms with E-state index in [4.69, 9.17) is 14.6 Å². The van der Waals surface area contributed by atoms with E-state index in [1.165, 1.54) is 19.1 Å². The predicted octanol–water partition coefficient (Wildman–Crippen LogP) is 3.93. The van der Waals surface area contributed by atoms with E-state index in [9.17, 15) is 18.3 Å². The summed E-state index contributed by atoms with van der Waals surface area (Å²) in [6.07, 6.45) is 1.60. The molecule has 0 amide bonds. The second-order valence-electron chi connectivity index (χ2n) is 8.75. The van der Waals surface area contributed by atoms with Crippen LogP contribution in [0.25, 0.3) is 0 Å². The summed E-state index contributed by atoms with van der Waals surface area (Å²) in [6.45, 7) is 4.57. The first-order valence-corrected chi connectivity index (χ1v) is 10.6. The Morgan fingerprint density at radius 3 is 2.34 bits per heavy atom. The fourth-order valence-corrected chi connectivity index (χ4v) is 3.64. The van der Waals surface area contributed by atoms with Crippen molar-refractivity contribution in [2.24, 2.45) is 0 Å². The predicted molar refractivity (Wildman–Crippen MR) is 113 cm³/mol. The molecule has 1 aromatic carbocycles. The van der Waals surface area contributed by atoms with Gasteiger partial charge in [0.2, 0.25) is 0 Å². The topological polar surface area (TPSA) is 71.4 Å². The fraction of sp³-hybridized carbons (Fsp3) is 0.565. The highest BCUT2D eigenvalue weighted by molar-refractivity contribution is 5.49. The maximum Gasteiger partial charge on any atom is 0.573 e. The Balaban J connectivity index is 1.46. The molecule has 6 nitrogen and oxygen atoms in total. The Morgan fingerprint density at radius 2 is 1.81 bits per heavy atom. The average molecular weight is 457 g/mol. The van der Waals surface area contributed by atoms with E-state index < -0.39 is 17.6 Å². The van der Waals surface area contributed by atoms with Crippen LogP contribution < -0.4 is 9.64 Å². The van der Waals surface area contributed by atoms with Gasteiger partial charge in [-0.15, -0.1) is 13.2 Å². The summed E-state index contributed by atoms with van der Waals surface area (Å²) in [5, 5.41) is 18.9. The van der Waals surface area contributed by atoms with Crippen LogP contribution in [0.5, 0.6) is 5.75 Å². The molecule has 0 radical (unpaired) electrons. The number of allylic oxidation sites excluding steroid dienone is 1. The average Bonchev–Trinajstić information content (AvgIpc) is 2.74. The summed E-state index contributed by atoms with van der Waals surface area (Å²) in [4.78, 5) is 2.24. The lowest BCUT2D eigenvalue weighted by Gasteiger charge is -2.38. The van der Waals surface area contributed by atoms with Crippen molar-refractivity contribution in [2.45, 2.75) is 56.8 Å². The Morgan fingerprint density at radius 1 is 1.16 bits per heavy atom. The van der Waals surface area contributed by atoms with E-state index in [0.717, 1.165) is 31.6 Å². The van der Waals surface area contributed by atoms with E-state index in [1.54, 1.807) is 6.08 Å². The van der Waals surface area contributed by atoms with Gasteiger partial charge >= 0.3 is 6.36 Å². The van der Waals surface area contributed by atoms with Crippen LogP contribution in [0.15, 0.2) is 48.3 Å². The molecule has 2 atom stereocenters. The molecule has 32 heavy (non-hydrogen) atoms. The number of benzene rings is 1. The minimum Gasteiger partial charge on any atom is -0.491 e. The van der Waals surface area contributed by atoms with E-state index in [-0.39, 0.29) is 25.1 Å². The van der Waals surface area contributed by atoms with Crippen molar-refractivity contribution in [3.63, 3.8) is 0 Å². The van der Waals surface area contributed by atoms with Crippen LogP contribution >= 0.6 is 0 Å². The molecule has 0 spiro atoms. The SMILES string of the molecule is CC1(OC2CCN(c3ccc(OC[C@](C)(O)CO)cc3)CC2)C=CC(OC(F)(F)F)=CC1. The summed E-state index contributed by atoms with van der Waals surface area (Å²) < 4.78 is 52.7. The molecular formula is C23H30F3NO5. The van der Waals surface area contributed by atoms with E-state index in [0.29, 0.717) is 12.2 Å². The number of anilines is 1. The second kappa shape index (κ2) is 9.72. The molecule has 3 rings (SSSR count). The largest absolute Gasteiger partial charge is 0.573 e. The molecule has 2 N–H and O–H groups in total. The van der Waals surface area contributed by atoms with E-state index in [1.807, 2.05) is 31.2 Å². The molecule has 1 fully saturated rings. The number of aliphatic hydroxyl groups is 2. The Kier molecular flexibility index (Phi) is 7.42. The van der Waals surface area contributed by atoms with E-state index >= 15 is 0 Å². The summed E-state index contributed by atoms with van der Waals surface area (Å²) in [5.41, 5.74) is -0.890. The van der Waals surface area contributed by atoms with Gasteiger partial charge in [0, 0.05) is 25.2 Å². The maximum atomic E-state index is 12.3. The standard InChI is InChI=1S/C23H30F3NO5/c1-21(29,15-28)16-30-18-5-3-17(4-6-18)27-13-9-20(10-14-27)31-22(2)11-7-19(8-12-22)32-23(24,25)26/h3-8,11,20,28-29H,9-10,12-16H2,1-2H3/t21-,22?/m1/s1. The summed E-state index contributed by atoms with van der Waals surface area (Å²) in [7, 11) is 0. The van der Waals surface area contributed by atoms with Crippen LogP contribution in [0.1, 0.15) is 33.1 Å². The lowest BCUT2D eigenvalue weighted by atomic mass is 9.95. The zero-order chi connectivity index (χ0) is 23.4. The first kappa shape index (κ1) is 24.4. The quantitative estimate of drug-likeness (QED) is 0.617. The smallest absolute Gasteiger partial charge is 0.491 e. The van der Waals surface area contributed by atoms with Gasteiger partial charge in [-0.25, -0.2) is 0 Å². The normalized spacial score (nSPS) is 24.1. The third-order valence-electron chi connectivity index (χ3n) is 5.51. The minimum absolute atomic E-state index is 0.00218. The molecule has 1 saturated heterocycles. The molecule has 1 unspecified atom stereocenters. The third kappa shape index (κ3) is 7.15. The number of aliphatic hydroxyl groups excluding tert-OH is 1.